The van der Waals surface area contributed by atoms with Gasteiger partial charge in [0.05, 0.1) is 12.2 Å². The van der Waals surface area contributed by atoms with Crippen molar-refractivity contribution in [3.05, 3.63) is 36.2 Å². The molecule has 7 heteroatoms. The molecule has 0 saturated carbocycles. The van der Waals surface area contributed by atoms with Gasteiger partial charge >= 0.3 is 0 Å². The fraction of sp³-hybridized carbons (Fsp3) is 0.529. The molecule has 7 nitrogen and oxygen atoms in total. The first kappa shape index (κ1) is 16.4. The van der Waals surface area contributed by atoms with Crippen LogP contribution < -0.4 is 4.74 Å². The van der Waals surface area contributed by atoms with Gasteiger partial charge in [-0.3, -0.25) is 9.78 Å². The van der Waals surface area contributed by atoms with Crippen molar-refractivity contribution in [2.75, 3.05) is 13.1 Å². The highest BCUT2D eigenvalue weighted by Crippen LogP contribution is 2.23. The van der Waals surface area contributed by atoms with Crippen LogP contribution in [0.2, 0.25) is 0 Å². The molecule has 0 N–H and O–H groups in total. The fourth-order valence-electron chi connectivity index (χ4n) is 3.16. The second kappa shape index (κ2) is 6.98. The summed E-state index contributed by atoms with van der Waals surface area (Å²) in [7, 11) is 0. The Morgan fingerprint density at radius 2 is 2.25 bits per heavy atom. The van der Waals surface area contributed by atoms with Crippen molar-refractivity contribution in [3.8, 4) is 5.75 Å². The standard InChI is InChI=1S/C17H23N5O2/c1-12(24-16-7-4-8-18-10-16)17(23)21-9-5-6-15(11-21)22-14(3)19-13(2)20-22/h4,7-8,10,12,15H,5-6,9,11H2,1-3H3/t12-,15+/m1/s1. The lowest BCUT2D eigenvalue weighted by atomic mass is 10.1. The number of aromatic nitrogens is 4. The molecule has 1 aliphatic rings. The molecule has 0 aliphatic carbocycles. The van der Waals surface area contributed by atoms with E-state index in [1.165, 1.54) is 0 Å². The minimum absolute atomic E-state index is 0.00181. The van der Waals surface area contributed by atoms with Gasteiger partial charge in [0.25, 0.3) is 5.91 Å². The second-order valence-corrected chi connectivity index (χ2v) is 6.18. The Labute approximate surface area is 141 Å². The van der Waals surface area contributed by atoms with Crippen molar-refractivity contribution in [1.29, 1.82) is 0 Å². The maximum Gasteiger partial charge on any atom is 0.263 e. The van der Waals surface area contributed by atoms with Crippen LogP contribution in [0.3, 0.4) is 0 Å². The molecule has 0 aromatic carbocycles. The third-order valence-corrected chi connectivity index (χ3v) is 4.26. The lowest BCUT2D eigenvalue weighted by Gasteiger charge is -2.34. The predicted octanol–water partition coefficient (Wildman–Crippen LogP) is 1.92. The number of amides is 1. The van der Waals surface area contributed by atoms with Crippen LogP contribution in [0, 0.1) is 13.8 Å². The highest BCUT2D eigenvalue weighted by molar-refractivity contribution is 5.81. The van der Waals surface area contributed by atoms with Gasteiger partial charge in [0.15, 0.2) is 6.10 Å². The van der Waals surface area contributed by atoms with E-state index in [2.05, 4.69) is 15.1 Å². The zero-order chi connectivity index (χ0) is 17.1. The Morgan fingerprint density at radius 1 is 1.42 bits per heavy atom. The van der Waals surface area contributed by atoms with Gasteiger partial charge in [-0.15, -0.1) is 0 Å². The van der Waals surface area contributed by atoms with E-state index in [0.29, 0.717) is 12.3 Å². The Morgan fingerprint density at radius 3 is 2.92 bits per heavy atom. The molecule has 1 aliphatic heterocycles. The second-order valence-electron chi connectivity index (χ2n) is 6.18. The van der Waals surface area contributed by atoms with Crippen molar-refractivity contribution in [3.63, 3.8) is 0 Å². The molecule has 1 amide bonds. The summed E-state index contributed by atoms with van der Waals surface area (Å²) < 4.78 is 7.66. The summed E-state index contributed by atoms with van der Waals surface area (Å²) in [6, 6.07) is 3.77. The topological polar surface area (TPSA) is 73.1 Å². The Hall–Kier alpha value is -2.44. The number of hydrogen-bond acceptors (Lipinski definition) is 5. The normalized spacial score (nSPS) is 19.1. The predicted molar refractivity (Wildman–Crippen MR) is 88.7 cm³/mol. The average Bonchev–Trinajstić information content (AvgIpc) is 2.93. The van der Waals surface area contributed by atoms with Crippen LogP contribution in [0.15, 0.2) is 24.5 Å². The van der Waals surface area contributed by atoms with E-state index >= 15 is 0 Å². The molecule has 1 fully saturated rings. The monoisotopic (exact) mass is 329 g/mol. The van der Waals surface area contributed by atoms with E-state index in [1.54, 1.807) is 31.5 Å². The van der Waals surface area contributed by atoms with Gasteiger partial charge in [-0.05, 0) is 45.7 Å². The first-order valence-corrected chi connectivity index (χ1v) is 8.30. The summed E-state index contributed by atoms with van der Waals surface area (Å²) >= 11 is 0. The number of hydrogen-bond donors (Lipinski definition) is 0. The smallest absolute Gasteiger partial charge is 0.263 e. The number of carbonyl (C=O) groups excluding carboxylic acids is 1. The molecule has 2 atom stereocenters. The third kappa shape index (κ3) is 3.55. The summed E-state index contributed by atoms with van der Waals surface area (Å²) in [5.41, 5.74) is 0. The molecule has 128 valence electrons. The van der Waals surface area contributed by atoms with E-state index in [4.69, 9.17) is 4.74 Å². The maximum absolute atomic E-state index is 12.7. The van der Waals surface area contributed by atoms with Crippen molar-refractivity contribution >= 4 is 5.91 Å². The first-order valence-electron chi connectivity index (χ1n) is 8.30. The number of piperidine rings is 1. The van der Waals surface area contributed by atoms with Crippen LogP contribution in [0.25, 0.3) is 0 Å². The lowest BCUT2D eigenvalue weighted by molar-refractivity contribution is -0.139. The van der Waals surface area contributed by atoms with Crippen molar-refractivity contribution in [2.24, 2.45) is 0 Å². The Bertz CT molecular complexity index is 700. The van der Waals surface area contributed by atoms with Crippen LogP contribution in [-0.2, 0) is 4.79 Å². The third-order valence-electron chi connectivity index (χ3n) is 4.26. The van der Waals surface area contributed by atoms with Crippen LogP contribution in [0.4, 0.5) is 0 Å². The minimum Gasteiger partial charge on any atom is -0.479 e. The highest BCUT2D eigenvalue weighted by Gasteiger charge is 2.29. The average molecular weight is 329 g/mol. The summed E-state index contributed by atoms with van der Waals surface area (Å²) in [5.74, 6) is 2.27. The van der Waals surface area contributed by atoms with E-state index in [-0.39, 0.29) is 11.9 Å². The van der Waals surface area contributed by atoms with Crippen LogP contribution >= 0.6 is 0 Å². The lowest BCUT2D eigenvalue weighted by Crippen LogP contribution is -2.46. The number of carbonyl (C=O) groups is 1. The molecule has 1 saturated heterocycles. The number of pyridine rings is 1. The van der Waals surface area contributed by atoms with Gasteiger partial charge in [-0.25, -0.2) is 9.67 Å². The van der Waals surface area contributed by atoms with Gasteiger partial charge in [-0.1, -0.05) is 0 Å². The van der Waals surface area contributed by atoms with Crippen LogP contribution in [-0.4, -0.2) is 49.7 Å². The number of ether oxygens (including phenoxy) is 1. The van der Waals surface area contributed by atoms with Crippen LogP contribution in [0.1, 0.15) is 37.5 Å². The maximum atomic E-state index is 12.7. The Kier molecular flexibility index (Phi) is 4.78. The van der Waals surface area contributed by atoms with Gasteiger partial charge < -0.3 is 9.64 Å². The molecule has 0 spiro atoms. The largest absolute Gasteiger partial charge is 0.479 e. The summed E-state index contributed by atoms with van der Waals surface area (Å²) in [4.78, 5) is 22.9. The number of likely N-dealkylation sites (tertiary alicyclic amines) is 1. The van der Waals surface area contributed by atoms with E-state index in [0.717, 1.165) is 31.0 Å². The van der Waals surface area contributed by atoms with E-state index < -0.39 is 6.10 Å². The van der Waals surface area contributed by atoms with Gasteiger partial charge in [0, 0.05) is 19.3 Å². The molecule has 0 bridgehead atoms. The summed E-state index contributed by atoms with van der Waals surface area (Å²) in [6.45, 7) is 7.02. The molecule has 3 rings (SSSR count). The zero-order valence-electron chi connectivity index (χ0n) is 14.3. The number of aryl methyl sites for hydroxylation is 2. The highest BCUT2D eigenvalue weighted by atomic mass is 16.5. The molecule has 2 aromatic rings. The quantitative estimate of drug-likeness (QED) is 0.857. The van der Waals surface area contributed by atoms with Crippen molar-refractivity contribution in [2.45, 2.75) is 45.8 Å². The van der Waals surface area contributed by atoms with Crippen molar-refractivity contribution in [1.82, 2.24) is 24.6 Å². The zero-order valence-corrected chi connectivity index (χ0v) is 14.3. The summed E-state index contributed by atoms with van der Waals surface area (Å²) in [6.07, 6.45) is 4.72. The Balaban J connectivity index is 1.65. The number of nitrogens with zero attached hydrogens (tertiary/aromatic N) is 5. The fourth-order valence-corrected chi connectivity index (χ4v) is 3.16. The molecular weight excluding hydrogens is 306 g/mol. The summed E-state index contributed by atoms with van der Waals surface area (Å²) in [5, 5.41) is 4.47. The minimum atomic E-state index is -0.536. The first-order chi connectivity index (χ1) is 11.5. The van der Waals surface area contributed by atoms with Gasteiger partial charge in [0.1, 0.15) is 17.4 Å². The van der Waals surface area contributed by atoms with Gasteiger partial charge in [0.2, 0.25) is 0 Å². The molecule has 0 radical (unpaired) electrons. The molecule has 24 heavy (non-hydrogen) atoms. The number of rotatable bonds is 4. The van der Waals surface area contributed by atoms with E-state index in [1.807, 2.05) is 23.4 Å². The van der Waals surface area contributed by atoms with E-state index in [9.17, 15) is 4.79 Å². The molecule has 0 unspecified atom stereocenters. The SMILES string of the molecule is Cc1nc(C)n([C@H]2CCCN(C(=O)[C@@H](C)Oc3cccnc3)C2)n1. The van der Waals surface area contributed by atoms with Gasteiger partial charge in [-0.2, -0.15) is 5.10 Å². The molecule has 2 aromatic heterocycles. The molecule has 3 heterocycles. The van der Waals surface area contributed by atoms with Crippen LogP contribution in [0.5, 0.6) is 5.75 Å². The van der Waals surface area contributed by atoms with Crippen molar-refractivity contribution < 1.29 is 9.53 Å². The molecular formula is C17H23N5O2.